The van der Waals surface area contributed by atoms with Crippen LogP contribution in [0.1, 0.15) is 26.2 Å². The number of halogens is 1. The van der Waals surface area contributed by atoms with Crippen LogP contribution in [0.15, 0.2) is 12.7 Å². The van der Waals surface area contributed by atoms with Gasteiger partial charge in [-0.2, -0.15) is 5.10 Å². The molecule has 1 saturated carbocycles. The van der Waals surface area contributed by atoms with Crippen LogP contribution in [0.4, 0.5) is 0 Å². The molecular weight excluding hydrogens is 254 g/mol. The minimum absolute atomic E-state index is 0. The van der Waals surface area contributed by atoms with Crippen molar-refractivity contribution in [1.29, 1.82) is 0 Å². The van der Waals surface area contributed by atoms with Gasteiger partial charge in [-0.05, 0) is 25.7 Å². The van der Waals surface area contributed by atoms with Crippen LogP contribution in [0.3, 0.4) is 0 Å². The molecule has 2 rings (SSSR count). The van der Waals surface area contributed by atoms with E-state index in [0.29, 0.717) is 25.4 Å². The van der Waals surface area contributed by atoms with Gasteiger partial charge in [0.15, 0.2) is 0 Å². The van der Waals surface area contributed by atoms with Crippen molar-refractivity contribution in [3.63, 3.8) is 0 Å². The Morgan fingerprint density at radius 3 is 2.83 bits per heavy atom. The van der Waals surface area contributed by atoms with Crippen LogP contribution >= 0.6 is 12.4 Å². The van der Waals surface area contributed by atoms with Gasteiger partial charge in [0, 0.05) is 13.0 Å². The Labute approximate surface area is 113 Å². The molecule has 3 N–H and O–H groups in total. The number of carbonyl (C=O) groups excluding carboxylic acids is 1. The lowest BCUT2D eigenvalue weighted by molar-refractivity contribution is -0.123. The lowest BCUT2D eigenvalue weighted by Gasteiger charge is -2.29. The second-order valence-corrected chi connectivity index (χ2v) is 4.85. The fourth-order valence-corrected chi connectivity index (χ4v) is 1.99. The summed E-state index contributed by atoms with van der Waals surface area (Å²) in [6.07, 6.45) is 5.81. The predicted octanol–water partition coefficient (Wildman–Crippen LogP) is 0.334. The van der Waals surface area contributed by atoms with E-state index in [1.54, 1.807) is 11.0 Å². The Bertz CT molecular complexity index is 379. The fraction of sp³-hybridized carbons (Fsp3) is 0.727. The number of aromatic nitrogens is 3. The summed E-state index contributed by atoms with van der Waals surface area (Å²) in [4.78, 5) is 15.6. The third-order valence-electron chi connectivity index (χ3n) is 3.36. The van der Waals surface area contributed by atoms with Crippen molar-refractivity contribution in [1.82, 2.24) is 20.1 Å². The Morgan fingerprint density at radius 1 is 1.61 bits per heavy atom. The molecule has 0 saturated heterocycles. The molecule has 0 spiro atoms. The van der Waals surface area contributed by atoms with Crippen LogP contribution in [0, 0.1) is 5.92 Å². The number of hydrogen-bond acceptors (Lipinski definition) is 4. The lowest BCUT2D eigenvalue weighted by atomic mass is 9.96. The molecule has 102 valence electrons. The van der Waals surface area contributed by atoms with Crippen molar-refractivity contribution < 1.29 is 4.79 Å². The van der Waals surface area contributed by atoms with Crippen molar-refractivity contribution in [2.75, 3.05) is 6.54 Å². The van der Waals surface area contributed by atoms with Crippen LogP contribution in [-0.2, 0) is 11.3 Å². The highest BCUT2D eigenvalue weighted by molar-refractivity contribution is 5.85. The Hall–Kier alpha value is -1.14. The van der Waals surface area contributed by atoms with E-state index in [0.717, 1.165) is 12.8 Å². The first-order valence-electron chi connectivity index (χ1n) is 5.97. The van der Waals surface area contributed by atoms with Gasteiger partial charge in [0.2, 0.25) is 5.91 Å². The summed E-state index contributed by atoms with van der Waals surface area (Å²) >= 11 is 0. The van der Waals surface area contributed by atoms with Crippen molar-refractivity contribution >= 4 is 18.3 Å². The summed E-state index contributed by atoms with van der Waals surface area (Å²) in [6, 6.07) is 0. The molecule has 1 unspecified atom stereocenters. The maximum absolute atomic E-state index is 11.8. The van der Waals surface area contributed by atoms with E-state index >= 15 is 0 Å². The van der Waals surface area contributed by atoms with Crippen LogP contribution in [-0.4, -0.2) is 32.8 Å². The summed E-state index contributed by atoms with van der Waals surface area (Å²) in [5, 5.41) is 7.00. The van der Waals surface area contributed by atoms with E-state index in [1.807, 2.05) is 6.92 Å². The van der Waals surface area contributed by atoms with Gasteiger partial charge >= 0.3 is 0 Å². The molecule has 1 atom stereocenters. The highest BCUT2D eigenvalue weighted by Crippen LogP contribution is 2.38. The third kappa shape index (κ3) is 3.68. The van der Waals surface area contributed by atoms with E-state index in [9.17, 15) is 4.79 Å². The number of hydrogen-bond donors (Lipinski definition) is 2. The maximum Gasteiger partial charge on any atom is 0.222 e. The van der Waals surface area contributed by atoms with Crippen LogP contribution in [0.2, 0.25) is 0 Å². The molecule has 18 heavy (non-hydrogen) atoms. The summed E-state index contributed by atoms with van der Waals surface area (Å²) in [5.41, 5.74) is 5.51. The van der Waals surface area contributed by atoms with Crippen LogP contribution in [0.25, 0.3) is 0 Å². The quantitative estimate of drug-likeness (QED) is 0.782. The van der Waals surface area contributed by atoms with Crippen molar-refractivity contribution in [2.24, 2.45) is 11.7 Å². The van der Waals surface area contributed by atoms with E-state index in [4.69, 9.17) is 5.73 Å². The van der Waals surface area contributed by atoms with E-state index in [2.05, 4.69) is 15.4 Å². The zero-order valence-corrected chi connectivity index (χ0v) is 11.3. The van der Waals surface area contributed by atoms with Gasteiger partial charge < -0.3 is 11.1 Å². The second kappa shape index (κ2) is 6.15. The molecule has 0 aromatic carbocycles. The van der Waals surface area contributed by atoms with Crippen LogP contribution in [0.5, 0.6) is 0 Å². The molecule has 1 aliphatic rings. The standard InChI is InChI=1S/C11H19N5O.ClH/c1-11(6-12,9-2-3-9)15-10(17)4-5-16-8-13-7-14-16;/h7-9H,2-6,12H2,1H3,(H,15,17);1H. The summed E-state index contributed by atoms with van der Waals surface area (Å²) < 4.78 is 1.65. The molecular formula is C11H20ClN5O. The topological polar surface area (TPSA) is 85.8 Å². The maximum atomic E-state index is 11.8. The number of nitrogens with two attached hydrogens (primary N) is 1. The molecule has 1 fully saturated rings. The minimum atomic E-state index is -0.237. The summed E-state index contributed by atoms with van der Waals surface area (Å²) in [6.45, 7) is 3.07. The average Bonchev–Trinajstić information content (AvgIpc) is 3.05. The van der Waals surface area contributed by atoms with Gasteiger partial charge in [0.05, 0.1) is 12.1 Å². The number of amides is 1. The smallest absolute Gasteiger partial charge is 0.222 e. The van der Waals surface area contributed by atoms with E-state index in [-0.39, 0.29) is 23.9 Å². The third-order valence-corrected chi connectivity index (χ3v) is 3.36. The molecule has 1 amide bonds. The van der Waals surface area contributed by atoms with Gasteiger partial charge in [-0.15, -0.1) is 12.4 Å². The zero-order valence-electron chi connectivity index (χ0n) is 10.5. The number of aryl methyl sites for hydroxylation is 1. The average molecular weight is 274 g/mol. The molecule has 1 aromatic heterocycles. The normalized spacial score (nSPS) is 17.7. The highest BCUT2D eigenvalue weighted by Gasteiger charge is 2.41. The molecule has 1 heterocycles. The zero-order chi connectivity index (χ0) is 12.3. The molecule has 0 bridgehead atoms. The molecule has 6 nitrogen and oxygen atoms in total. The number of nitrogens with zero attached hydrogens (tertiary/aromatic N) is 3. The number of carbonyl (C=O) groups is 1. The highest BCUT2D eigenvalue weighted by atomic mass is 35.5. The molecule has 7 heteroatoms. The Kier molecular flexibility index (Phi) is 5.10. The van der Waals surface area contributed by atoms with Gasteiger partial charge in [-0.1, -0.05) is 0 Å². The first-order valence-corrected chi connectivity index (χ1v) is 5.97. The first kappa shape index (κ1) is 14.9. The lowest BCUT2D eigenvalue weighted by Crippen LogP contribution is -2.53. The predicted molar refractivity (Wildman–Crippen MR) is 70.2 cm³/mol. The van der Waals surface area contributed by atoms with Gasteiger partial charge in [0.1, 0.15) is 12.7 Å². The molecule has 0 aliphatic heterocycles. The largest absolute Gasteiger partial charge is 0.349 e. The monoisotopic (exact) mass is 273 g/mol. The summed E-state index contributed by atoms with van der Waals surface area (Å²) in [5.74, 6) is 0.572. The number of nitrogens with one attached hydrogen (secondary N) is 1. The molecule has 1 aliphatic carbocycles. The van der Waals surface area contributed by atoms with E-state index < -0.39 is 0 Å². The Balaban J connectivity index is 0.00000162. The molecule has 0 radical (unpaired) electrons. The van der Waals surface area contributed by atoms with Gasteiger partial charge in [0.25, 0.3) is 0 Å². The summed E-state index contributed by atoms with van der Waals surface area (Å²) in [7, 11) is 0. The van der Waals surface area contributed by atoms with E-state index in [1.165, 1.54) is 6.33 Å². The van der Waals surface area contributed by atoms with Crippen LogP contribution < -0.4 is 11.1 Å². The van der Waals surface area contributed by atoms with Crippen molar-refractivity contribution in [2.45, 2.75) is 38.3 Å². The van der Waals surface area contributed by atoms with Gasteiger partial charge in [-0.25, -0.2) is 4.98 Å². The first-order chi connectivity index (χ1) is 8.14. The fourth-order valence-electron chi connectivity index (χ4n) is 1.99. The van der Waals surface area contributed by atoms with Crippen molar-refractivity contribution in [3.8, 4) is 0 Å². The second-order valence-electron chi connectivity index (χ2n) is 4.85. The Morgan fingerprint density at radius 2 is 2.33 bits per heavy atom. The minimum Gasteiger partial charge on any atom is -0.349 e. The SMILES string of the molecule is CC(CN)(NC(=O)CCn1cncn1)C1CC1.Cl. The van der Waals surface area contributed by atoms with Crippen molar-refractivity contribution in [3.05, 3.63) is 12.7 Å². The number of rotatable bonds is 6. The molecule has 1 aromatic rings. The van der Waals surface area contributed by atoms with Gasteiger partial charge in [-0.3, -0.25) is 9.48 Å².